The van der Waals surface area contributed by atoms with Gasteiger partial charge in [-0.05, 0) is 119 Å². The van der Waals surface area contributed by atoms with E-state index < -0.39 is 0 Å². The molecule has 0 aromatic carbocycles. The number of pyridine rings is 5. The summed E-state index contributed by atoms with van der Waals surface area (Å²) in [4.78, 5) is 12.9. The van der Waals surface area contributed by atoms with E-state index in [0.29, 0.717) is 29.6 Å². The molecule has 0 amide bonds. The van der Waals surface area contributed by atoms with Crippen LogP contribution in [0.3, 0.4) is 0 Å². The third-order valence-electron chi connectivity index (χ3n) is 9.09. The SMILES string of the molecule is C.C.CC(CC(CC(CC(CC(C)c1ccncc1)c1cc[n+](C)cc1)c1ccncc1)c1cc[n+](C)cc1)c1ccncc1.[Cl-].[Cl-]. The Balaban J connectivity index is 0.00000276. The van der Waals surface area contributed by atoms with Crippen molar-refractivity contribution in [2.75, 3.05) is 0 Å². The van der Waals surface area contributed by atoms with Crippen molar-refractivity contribution in [3.05, 3.63) is 150 Å². The molecule has 0 saturated carbocycles. The van der Waals surface area contributed by atoms with Gasteiger partial charge in [0.25, 0.3) is 0 Å². The molecular weight excluding hydrogens is 621 g/mol. The van der Waals surface area contributed by atoms with E-state index in [1.807, 2.05) is 37.2 Å². The lowest BCUT2D eigenvalue weighted by atomic mass is 9.74. The van der Waals surface area contributed by atoms with Gasteiger partial charge in [0.2, 0.25) is 0 Å². The van der Waals surface area contributed by atoms with Gasteiger partial charge in [0.15, 0.2) is 24.8 Å². The first kappa shape index (κ1) is 41.4. The molecule has 4 unspecified atom stereocenters. The van der Waals surface area contributed by atoms with Crippen LogP contribution in [0.4, 0.5) is 0 Å². The Morgan fingerprint density at radius 1 is 0.426 bits per heavy atom. The van der Waals surface area contributed by atoms with Crippen LogP contribution in [0, 0.1) is 0 Å². The summed E-state index contributed by atoms with van der Waals surface area (Å²) < 4.78 is 4.25. The van der Waals surface area contributed by atoms with Gasteiger partial charge in [-0.3, -0.25) is 15.0 Å². The highest BCUT2D eigenvalue weighted by Gasteiger charge is 2.27. The Bertz CT molecular complexity index is 1420. The summed E-state index contributed by atoms with van der Waals surface area (Å²) >= 11 is 0. The predicted octanol–water partition coefficient (Wildman–Crippen LogP) is 2.62. The highest BCUT2D eigenvalue weighted by molar-refractivity contribution is 5.25. The van der Waals surface area contributed by atoms with Crippen molar-refractivity contribution in [1.82, 2.24) is 15.0 Å². The Morgan fingerprint density at radius 2 is 0.681 bits per heavy atom. The Labute approximate surface area is 296 Å². The van der Waals surface area contributed by atoms with Crippen LogP contribution in [0.1, 0.15) is 112 Å². The second-order valence-electron chi connectivity index (χ2n) is 12.3. The van der Waals surface area contributed by atoms with Crippen molar-refractivity contribution in [3.63, 3.8) is 0 Å². The van der Waals surface area contributed by atoms with Crippen molar-refractivity contribution < 1.29 is 33.9 Å². The number of hydrogen-bond donors (Lipinski definition) is 0. The van der Waals surface area contributed by atoms with Gasteiger partial charge in [-0.25, -0.2) is 9.13 Å². The Morgan fingerprint density at radius 3 is 1.00 bits per heavy atom. The summed E-state index contributed by atoms with van der Waals surface area (Å²) in [5, 5.41) is 0. The molecule has 0 bridgehead atoms. The fourth-order valence-corrected chi connectivity index (χ4v) is 6.51. The molecule has 5 nitrogen and oxygen atoms in total. The number of nitrogens with zero attached hydrogens (tertiary/aromatic N) is 5. The summed E-state index contributed by atoms with van der Waals surface area (Å²) in [6.45, 7) is 4.71. The van der Waals surface area contributed by atoms with E-state index in [1.54, 1.807) is 0 Å². The van der Waals surface area contributed by atoms with Crippen LogP contribution in [0.15, 0.2) is 123 Å². The van der Waals surface area contributed by atoms with Crippen molar-refractivity contribution >= 4 is 0 Å². The van der Waals surface area contributed by atoms with Gasteiger partial charge in [0, 0.05) is 61.4 Å². The minimum atomic E-state index is 0. The van der Waals surface area contributed by atoms with E-state index in [9.17, 15) is 0 Å². The lowest BCUT2D eigenvalue weighted by Crippen LogP contribution is -3.00. The van der Waals surface area contributed by atoms with E-state index >= 15 is 0 Å². The van der Waals surface area contributed by atoms with Crippen LogP contribution in [-0.2, 0) is 14.1 Å². The zero-order valence-electron chi connectivity index (χ0n) is 26.8. The van der Waals surface area contributed by atoms with E-state index in [0.717, 1.165) is 25.7 Å². The standard InChI is InChI=1S/C38H45N5.2CH4.2ClH/c1-29(31-5-15-39-16-6-31)25-36(34-11-21-42(3)22-12-34)27-38(33-9-19-41-20-10-33)28-37(35-13-23-43(4)24-14-35)26-30(2)32-7-17-40-18-8-32;;;;/h5-24,29-30,36-38H,25-28H2,1-4H3;2*1H4;2*1H/q+2;;;;/p-2. The van der Waals surface area contributed by atoms with Crippen LogP contribution < -0.4 is 33.9 Å². The molecular formula is C40H53Cl2N5. The summed E-state index contributed by atoms with van der Waals surface area (Å²) in [7, 11) is 4.18. The third-order valence-corrected chi connectivity index (χ3v) is 9.09. The lowest BCUT2D eigenvalue weighted by molar-refractivity contribution is -0.671. The van der Waals surface area contributed by atoms with Gasteiger partial charge in [-0.1, -0.05) is 28.7 Å². The third kappa shape index (κ3) is 11.8. The van der Waals surface area contributed by atoms with Gasteiger partial charge >= 0.3 is 0 Å². The molecule has 5 aromatic heterocycles. The Kier molecular flexibility index (Phi) is 18.1. The number of rotatable bonds is 13. The maximum absolute atomic E-state index is 4.38. The quantitative estimate of drug-likeness (QED) is 0.181. The highest BCUT2D eigenvalue weighted by Crippen LogP contribution is 2.43. The molecule has 4 atom stereocenters. The van der Waals surface area contributed by atoms with Gasteiger partial charge < -0.3 is 24.8 Å². The molecule has 252 valence electrons. The van der Waals surface area contributed by atoms with Crippen molar-refractivity contribution in [2.45, 2.75) is 84.0 Å². The molecule has 0 fully saturated rings. The van der Waals surface area contributed by atoms with E-state index in [2.05, 4.69) is 137 Å². The van der Waals surface area contributed by atoms with Gasteiger partial charge in [-0.15, -0.1) is 0 Å². The molecule has 7 heteroatoms. The van der Waals surface area contributed by atoms with Crippen molar-refractivity contribution in [2.24, 2.45) is 14.1 Å². The molecule has 0 N–H and O–H groups in total. The first-order valence-corrected chi connectivity index (χ1v) is 15.6. The minimum absolute atomic E-state index is 0. The minimum Gasteiger partial charge on any atom is -1.00 e. The number of halogens is 2. The van der Waals surface area contributed by atoms with E-state index in [4.69, 9.17) is 0 Å². The first-order valence-electron chi connectivity index (χ1n) is 15.6. The van der Waals surface area contributed by atoms with Gasteiger partial charge in [-0.2, -0.15) is 0 Å². The molecule has 0 spiro atoms. The predicted molar refractivity (Wildman–Crippen MR) is 185 cm³/mol. The van der Waals surface area contributed by atoms with Crippen LogP contribution in [0.25, 0.3) is 0 Å². The summed E-state index contributed by atoms with van der Waals surface area (Å²) in [6, 6.07) is 22.4. The van der Waals surface area contributed by atoms with Gasteiger partial charge in [0.1, 0.15) is 14.1 Å². The summed E-state index contributed by atoms with van der Waals surface area (Å²) in [6.07, 6.45) is 24.6. The molecule has 0 aliphatic heterocycles. The van der Waals surface area contributed by atoms with Crippen LogP contribution in [-0.4, -0.2) is 15.0 Å². The first-order chi connectivity index (χ1) is 21.0. The second-order valence-corrected chi connectivity index (χ2v) is 12.3. The number of aryl methyl sites for hydroxylation is 2. The van der Waals surface area contributed by atoms with Crippen LogP contribution in [0.5, 0.6) is 0 Å². The highest BCUT2D eigenvalue weighted by atomic mass is 35.5. The number of aromatic nitrogens is 5. The molecule has 0 radical (unpaired) electrons. The maximum atomic E-state index is 4.38. The molecule has 0 aliphatic rings. The average molecular weight is 675 g/mol. The maximum Gasteiger partial charge on any atom is 0.168 e. The van der Waals surface area contributed by atoms with E-state index in [-0.39, 0.29) is 39.7 Å². The lowest BCUT2D eigenvalue weighted by Gasteiger charge is -2.30. The van der Waals surface area contributed by atoms with Crippen molar-refractivity contribution in [1.29, 1.82) is 0 Å². The average Bonchev–Trinajstić information content (AvgIpc) is 3.05. The topological polar surface area (TPSA) is 46.4 Å². The fraction of sp³-hybridized carbons (Fsp3) is 0.375. The fourth-order valence-electron chi connectivity index (χ4n) is 6.51. The monoisotopic (exact) mass is 673 g/mol. The smallest absolute Gasteiger partial charge is 0.168 e. The summed E-state index contributed by atoms with van der Waals surface area (Å²) in [5.74, 6) is 2.06. The normalized spacial score (nSPS) is 13.6. The Hall–Kier alpha value is -3.67. The van der Waals surface area contributed by atoms with Gasteiger partial charge in [0.05, 0.1) is 0 Å². The zero-order chi connectivity index (χ0) is 30.0. The molecule has 5 aromatic rings. The molecule has 5 rings (SSSR count). The second kappa shape index (κ2) is 20.5. The number of hydrogen-bond acceptors (Lipinski definition) is 3. The molecule has 0 aliphatic carbocycles. The molecule has 0 saturated heterocycles. The molecule has 5 heterocycles. The summed E-state index contributed by atoms with van der Waals surface area (Å²) in [5.41, 5.74) is 6.89. The molecule has 47 heavy (non-hydrogen) atoms. The van der Waals surface area contributed by atoms with Crippen LogP contribution >= 0.6 is 0 Å². The van der Waals surface area contributed by atoms with Crippen LogP contribution in [0.2, 0.25) is 0 Å². The van der Waals surface area contributed by atoms with E-state index in [1.165, 1.54) is 27.8 Å². The zero-order valence-corrected chi connectivity index (χ0v) is 28.3. The largest absolute Gasteiger partial charge is 1.00 e. The van der Waals surface area contributed by atoms with Crippen molar-refractivity contribution in [3.8, 4) is 0 Å².